The van der Waals surface area contributed by atoms with Crippen molar-refractivity contribution in [3.8, 4) is 0 Å². The van der Waals surface area contributed by atoms with Gasteiger partial charge in [0.25, 0.3) is 0 Å². The van der Waals surface area contributed by atoms with Crippen molar-refractivity contribution in [1.29, 1.82) is 0 Å². The number of nitrogens with zero attached hydrogens (tertiary/aromatic N) is 2. The first-order valence-electron chi connectivity index (χ1n) is 5.88. The molecule has 0 bridgehead atoms. The van der Waals surface area contributed by atoms with Crippen LogP contribution in [-0.2, 0) is 6.54 Å². The second-order valence-electron chi connectivity index (χ2n) is 4.49. The minimum Gasteiger partial charge on any atom is -0.343 e. The summed E-state index contributed by atoms with van der Waals surface area (Å²) in [5.41, 5.74) is 3.67. The quantitative estimate of drug-likeness (QED) is 0.695. The SMILES string of the molecule is Cc1cncc(Cn2ccc3c(Br)cccc32)c1. The smallest absolute Gasteiger partial charge is 0.0494 e. The molecule has 0 saturated carbocycles. The Hall–Kier alpha value is -1.61. The molecule has 2 heterocycles. The molecule has 90 valence electrons. The molecule has 0 N–H and O–H groups in total. The summed E-state index contributed by atoms with van der Waals surface area (Å²) in [5, 5.41) is 1.25. The fourth-order valence-electron chi connectivity index (χ4n) is 2.22. The third kappa shape index (κ3) is 2.06. The van der Waals surface area contributed by atoms with E-state index in [2.05, 4.69) is 68.9 Å². The Morgan fingerprint density at radius 2 is 2.11 bits per heavy atom. The molecule has 0 atom stereocenters. The number of pyridine rings is 1. The molecule has 2 aromatic heterocycles. The van der Waals surface area contributed by atoms with E-state index < -0.39 is 0 Å². The van der Waals surface area contributed by atoms with E-state index in [0.29, 0.717) is 0 Å². The Bertz CT molecular complexity index is 701. The van der Waals surface area contributed by atoms with Gasteiger partial charge in [0.2, 0.25) is 0 Å². The predicted octanol–water partition coefficient (Wildman–Crippen LogP) is 4.16. The summed E-state index contributed by atoms with van der Waals surface area (Å²) in [7, 11) is 0. The van der Waals surface area contributed by atoms with Crippen molar-refractivity contribution in [3.05, 3.63) is 64.5 Å². The summed E-state index contributed by atoms with van der Waals surface area (Å²) < 4.78 is 3.39. The van der Waals surface area contributed by atoms with Crippen LogP contribution >= 0.6 is 15.9 Å². The molecule has 3 rings (SSSR count). The van der Waals surface area contributed by atoms with Crippen LogP contribution in [0.25, 0.3) is 10.9 Å². The van der Waals surface area contributed by atoms with E-state index in [9.17, 15) is 0 Å². The summed E-state index contributed by atoms with van der Waals surface area (Å²) in [5.74, 6) is 0. The number of rotatable bonds is 2. The average molecular weight is 301 g/mol. The number of benzene rings is 1. The number of fused-ring (bicyclic) bond motifs is 1. The second-order valence-corrected chi connectivity index (χ2v) is 5.34. The molecule has 0 aliphatic carbocycles. The van der Waals surface area contributed by atoms with Gasteiger partial charge >= 0.3 is 0 Å². The van der Waals surface area contributed by atoms with Gasteiger partial charge in [0.15, 0.2) is 0 Å². The van der Waals surface area contributed by atoms with Crippen LogP contribution in [-0.4, -0.2) is 9.55 Å². The Morgan fingerprint density at radius 3 is 2.94 bits per heavy atom. The van der Waals surface area contributed by atoms with Crippen molar-refractivity contribution in [1.82, 2.24) is 9.55 Å². The standard InChI is InChI=1S/C15H13BrN2/c1-11-7-12(9-17-8-11)10-18-6-5-13-14(16)3-2-4-15(13)18/h2-9H,10H2,1H3. The maximum atomic E-state index is 4.24. The first kappa shape index (κ1) is 11.5. The highest BCUT2D eigenvalue weighted by molar-refractivity contribution is 9.10. The van der Waals surface area contributed by atoms with E-state index in [0.717, 1.165) is 11.0 Å². The number of aryl methyl sites for hydroxylation is 1. The van der Waals surface area contributed by atoms with Gasteiger partial charge in [0.1, 0.15) is 0 Å². The lowest BCUT2D eigenvalue weighted by atomic mass is 10.2. The largest absolute Gasteiger partial charge is 0.343 e. The summed E-state index contributed by atoms with van der Waals surface area (Å²) in [4.78, 5) is 4.24. The van der Waals surface area contributed by atoms with E-state index in [4.69, 9.17) is 0 Å². The van der Waals surface area contributed by atoms with Crippen molar-refractivity contribution >= 4 is 26.8 Å². The zero-order chi connectivity index (χ0) is 12.5. The van der Waals surface area contributed by atoms with E-state index in [1.807, 2.05) is 12.4 Å². The topological polar surface area (TPSA) is 17.8 Å². The van der Waals surface area contributed by atoms with E-state index in [1.54, 1.807) is 0 Å². The molecule has 0 radical (unpaired) electrons. The van der Waals surface area contributed by atoms with Crippen LogP contribution in [0.2, 0.25) is 0 Å². The first-order valence-corrected chi connectivity index (χ1v) is 6.67. The zero-order valence-corrected chi connectivity index (χ0v) is 11.7. The second kappa shape index (κ2) is 4.58. The normalized spacial score (nSPS) is 11.0. The van der Waals surface area contributed by atoms with Gasteiger partial charge in [-0.3, -0.25) is 4.98 Å². The highest BCUT2D eigenvalue weighted by Crippen LogP contribution is 2.25. The van der Waals surface area contributed by atoms with Crippen LogP contribution in [0.5, 0.6) is 0 Å². The summed E-state index contributed by atoms with van der Waals surface area (Å²) >= 11 is 3.58. The van der Waals surface area contributed by atoms with Gasteiger partial charge in [-0.05, 0) is 36.2 Å². The van der Waals surface area contributed by atoms with E-state index in [-0.39, 0.29) is 0 Å². The van der Waals surface area contributed by atoms with Crippen molar-refractivity contribution in [2.45, 2.75) is 13.5 Å². The monoisotopic (exact) mass is 300 g/mol. The highest BCUT2D eigenvalue weighted by atomic mass is 79.9. The molecule has 0 fully saturated rings. The number of aromatic nitrogens is 2. The van der Waals surface area contributed by atoms with Crippen molar-refractivity contribution < 1.29 is 0 Å². The van der Waals surface area contributed by atoms with Crippen LogP contribution < -0.4 is 0 Å². The Kier molecular flexibility index (Phi) is 2.92. The molecule has 0 aliphatic rings. The Balaban J connectivity index is 2.03. The van der Waals surface area contributed by atoms with Gasteiger partial charge in [-0.25, -0.2) is 0 Å². The number of hydrogen-bond donors (Lipinski definition) is 0. The molecule has 0 spiro atoms. The summed E-state index contributed by atoms with van der Waals surface area (Å²) in [6, 6.07) is 10.6. The molecule has 3 heteroatoms. The molecule has 18 heavy (non-hydrogen) atoms. The predicted molar refractivity (Wildman–Crippen MR) is 77.7 cm³/mol. The Morgan fingerprint density at radius 1 is 1.22 bits per heavy atom. The third-order valence-corrected chi connectivity index (χ3v) is 3.74. The molecule has 3 aromatic rings. The lowest BCUT2D eigenvalue weighted by molar-refractivity contribution is 0.830. The molecule has 2 nitrogen and oxygen atoms in total. The molecule has 1 aromatic carbocycles. The Labute approximate surface area is 114 Å². The molecule has 0 unspecified atom stereocenters. The molecular formula is C15H13BrN2. The van der Waals surface area contributed by atoms with Gasteiger partial charge in [0, 0.05) is 40.5 Å². The summed E-state index contributed by atoms with van der Waals surface area (Å²) in [6.07, 6.45) is 5.93. The van der Waals surface area contributed by atoms with Gasteiger partial charge in [0.05, 0.1) is 0 Å². The van der Waals surface area contributed by atoms with Crippen LogP contribution in [0, 0.1) is 6.92 Å². The summed E-state index contributed by atoms with van der Waals surface area (Å²) in [6.45, 7) is 2.93. The lowest BCUT2D eigenvalue weighted by Crippen LogP contribution is -1.98. The fourth-order valence-corrected chi connectivity index (χ4v) is 2.71. The van der Waals surface area contributed by atoms with Crippen LogP contribution in [0.15, 0.2) is 53.4 Å². The lowest BCUT2D eigenvalue weighted by Gasteiger charge is -2.06. The molecule has 0 amide bonds. The van der Waals surface area contributed by atoms with Crippen LogP contribution in [0.1, 0.15) is 11.1 Å². The van der Waals surface area contributed by atoms with E-state index >= 15 is 0 Å². The van der Waals surface area contributed by atoms with Gasteiger partial charge < -0.3 is 4.57 Å². The van der Waals surface area contributed by atoms with Crippen molar-refractivity contribution in [3.63, 3.8) is 0 Å². The maximum Gasteiger partial charge on any atom is 0.0494 e. The van der Waals surface area contributed by atoms with Gasteiger partial charge in [-0.2, -0.15) is 0 Å². The number of hydrogen-bond acceptors (Lipinski definition) is 1. The minimum absolute atomic E-state index is 0.856. The molecular weight excluding hydrogens is 288 g/mol. The van der Waals surface area contributed by atoms with Crippen LogP contribution in [0.4, 0.5) is 0 Å². The van der Waals surface area contributed by atoms with Crippen LogP contribution in [0.3, 0.4) is 0 Å². The highest BCUT2D eigenvalue weighted by Gasteiger charge is 2.04. The molecule has 0 aliphatic heterocycles. The fraction of sp³-hybridized carbons (Fsp3) is 0.133. The minimum atomic E-state index is 0.856. The average Bonchev–Trinajstić information content (AvgIpc) is 2.74. The maximum absolute atomic E-state index is 4.24. The van der Waals surface area contributed by atoms with Crippen molar-refractivity contribution in [2.75, 3.05) is 0 Å². The van der Waals surface area contributed by atoms with E-state index in [1.165, 1.54) is 22.0 Å². The van der Waals surface area contributed by atoms with Crippen molar-refractivity contribution in [2.24, 2.45) is 0 Å². The van der Waals surface area contributed by atoms with Gasteiger partial charge in [-0.15, -0.1) is 0 Å². The van der Waals surface area contributed by atoms with Gasteiger partial charge in [-0.1, -0.05) is 28.1 Å². The first-order chi connectivity index (χ1) is 8.74. The molecule has 0 saturated heterocycles. The third-order valence-electron chi connectivity index (χ3n) is 3.04. The zero-order valence-electron chi connectivity index (χ0n) is 10.1. The number of halogens is 1.